The molecule has 0 fully saturated rings. The number of nitrogens with zero attached hydrogens (tertiary/aromatic N) is 3. The highest BCUT2D eigenvalue weighted by atomic mass is 32.2. The molecule has 0 bridgehead atoms. The van der Waals surface area contributed by atoms with Gasteiger partial charge in [-0.15, -0.1) is 0 Å². The molecule has 0 saturated carbocycles. The molecule has 0 saturated heterocycles. The van der Waals surface area contributed by atoms with Crippen molar-refractivity contribution in [2.24, 2.45) is 0 Å². The molecule has 0 radical (unpaired) electrons. The van der Waals surface area contributed by atoms with Gasteiger partial charge in [0.2, 0.25) is 15.9 Å². The molecule has 0 atom stereocenters. The molecule has 158 valence electrons. The minimum atomic E-state index is -3.52. The highest BCUT2D eigenvalue weighted by Gasteiger charge is 2.18. The summed E-state index contributed by atoms with van der Waals surface area (Å²) in [7, 11) is 4.27. The summed E-state index contributed by atoms with van der Waals surface area (Å²) in [5.74, 6) is 1.36. The molecular formula is C19H25N3O5S2. The Hall–Kier alpha value is -2.30. The van der Waals surface area contributed by atoms with Gasteiger partial charge >= 0.3 is 0 Å². The Morgan fingerprint density at radius 3 is 2.31 bits per heavy atom. The van der Waals surface area contributed by atoms with Gasteiger partial charge in [0, 0.05) is 33.9 Å². The largest absolute Gasteiger partial charge is 0.493 e. The molecule has 1 heterocycles. The molecule has 0 unspecified atom stereocenters. The minimum absolute atomic E-state index is 0.0726. The standard InChI is InChI=1S/C19H25N3O5S2/c1-21(2)29(24,25)15-7-9-18(20-11-15)28-13-19(23)22(3)12-14-6-8-16(26-4)17(10-14)27-5/h6-11H,12-13H2,1-5H3. The summed E-state index contributed by atoms with van der Waals surface area (Å²) in [5.41, 5.74) is 0.917. The maximum absolute atomic E-state index is 12.4. The van der Waals surface area contributed by atoms with Crippen molar-refractivity contribution >= 4 is 27.7 Å². The van der Waals surface area contributed by atoms with Crippen LogP contribution in [0.1, 0.15) is 5.56 Å². The van der Waals surface area contributed by atoms with Crippen LogP contribution in [0, 0.1) is 0 Å². The molecule has 2 aromatic rings. The van der Waals surface area contributed by atoms with Crippen LogP contribution < -0.4 is 9.47 Å². The van der Waals surface area contributed by atoms with Gasteiger partial charge in [-0.05, 0) is 29.8 Å². The van der Waals surface area contributed by atoms with E-state index in [0.717, 1.165) is 9.87 Å². The van der Waals surface area contributed by atoms with Crippen molar-refractivity contribution in [2.45, 2.75) is 16.5 Å². The number of thioether (sulfide) groups is 1. The van der Waals surface area contributed by atoms with E-state index in [4.69, 9.17) is 9.47 Å². The van der Waals surface area contributed by atoms with Gasteiger partial charge in [-0.1, -0.05) is 17.8 Å². The molecule has 8 nitrogen and oxygen atoms in total. The normalized spacial score (nSPS) is 11.4. The zero-order chi connectivity index (χ0) is 21.6. The van der Waals surface area contributed by atoms with Gasteiger partial charge in [-0.3, -0.25) is 4.79 Å². The molecule has 0 N–H and O–H groups in total. The number of rotatable bonds is 9. The predicted molar refractivity (Wildman–Crippen MR) is 112 cm³/mol. The third kappa shape index (κ3) is 5.84. The second-order valence-electron chi connectivity index (χ2n) is 6.35. The molecule has 29 heavy (non-hydrogen) atoms. The van der Waals surface area contributed by atoms with Crippen molar-refractivity contribution in [3.63, 3.8) is 0 Å². The lowest BCUT2D eigenvalue weighted by molar-refractivity contribution is -0.127. The lowest BCUT2D eigenvalue weighted by atomic mass is 10.2. The van der Waals surface area contributed by atoms with E-state index in [1.165, 1.54) is 38.1 Å². The summed E-state index contributed by atoms with van der Waals surface area (Å²) >= 11 is 1.25. The monoisotopic (exact) mass is 439 g/mol. The molecule has 2 rings (SSSR count). The van der Waals surface area contributed by atoms with Crippen LogP contribution in [0.15, 0.2) is 46.5 Å². The molecule has 0 aliphatic rings. The van der Waals surface area contributed by atoms with Gasteiger partial charge in [-0.2, -0.15) is 0 Å². The zero-order valence-electron chi connectivity index (χ0n) is 17.1. The first-order valence-electron chi connectivity index (χ1n) is 8.65. The van der Waals surface area contributed by atoms with Gasteiger partial charge in [0.1, 0.15) is 4.90 Å². The number of ether oxygens (including phenoxy) is 2. The number of hydrogen-bond donors (Lipinski definition) is 0. The van der Waals surface area contributed by atoms with Crippen LogP contribution >= 0.6 is 11.8 Å². The third-order valence-corrected chi connectivity index (χ3v) is 6.85. The van der Waals surface area contributed by atoms with E-state index in [1.807, 2.05) is 12.1 Å². The Kier molecular flexibility index (Phi) is 7.88. The molecule has 1 aromatic carbocycles. The van der Waals surface area contributed by atoms with E-state index < -0.39 is 10.0 Å². The van der Waals surface area contributed by atoms with Gasteiger partial charge < -0.3 is 14.4 Å². The number of amides is 1. The molecule has 0 aliphatic carbocycles. The van der Waals surface area contributed by atoms with Crippen molar-refractivity contribution in [3.05, 3.63) is 42.1 Å². The van der Waals surface area contributed by atoms with Crippen molar-refractivity contribution in [2.75, 3.05) is 41.1 Å². The number of benzene rings is 1. The molecule has 1 amide bonds. The quantitative estimate of drug-likeness (QED) is 0.553. The Bertz CT molecular complexity index is 947. The van der Waals surface area contributed by atoms with E-state index >= 15 is 0 Å². The van der Waals surface area contributed by atoms with Crippen LogP contribution in [0.25, 0.3) is 0 Å². The van der Waals surface area contributed by atoms with Crippen LogP contribution in [0.2, 0.25) is 0 Å². The average Bonchev–Trinajstić information content (AvgIpc) is 2.71. The maximum atomic E-state index is 12.4. The number of pyridine rings is 1. The SMILES string of the molecule is COc1ccc(CN(C)C(=O)CSc2ccc(S(=O)(=O)N(C)C)cn2)cc1OC. The lowest BCUT2D eigenvalue weighted by Crippen LogP contribution is -2.27. The summed E-state index contributed by atoms with van der Waals surface area (Å²) in [4.78, 5) is 18.3. The van der Waals surface area contributed by atoms with Gasteiger partial charge in [0.05, 0.1) is 25.0 Å². The number of carbonyl (C=O) groups excluding carboxylic acids is 1. The first-order valence-corrected chi connectivity index (χ1v) is 11.1. The topological polar surface area (TPSA) is 89.0 Å². The average molecular weight is 440 g/mol. The van der Waals surface area contributed by atoms with Crippen LogP contribution in [-0.4, -0.2) is 69.6 Å². The van der Waals surface area contributed by atoms with E-state index in [9.17, 15) is 13.2 Å². The van der Waals surface area contributed by atoms with E-state index in [1.54, 1.807) is 38.3 Å². The first kappa shape index (κ1) is 23.0. The van der Waals surface area contributed by atoms with Crippen LogP contribution in [0.5, 0.6) is 11.5 Å². The zero-order valence-corrected chi connectivity index (χ0v) is 18.7. The van der Waals surface area contributed by atoms with Crippen LogP contribution in [0.3, 0.4) is 0 Å². The first-order chi connectivity index (χ1) is 13.7. The molecule has 1 aromatic heterocycles. The molecular weight excluding hydrogens is 414 g/mol. The Labute approximate surface area is 175 Å². The minimum Gasteiger partial charge on any atom is -0.493 e. The fourth-order valence-corrected chi connectivity index (χ4v) is 4.03. The van der Waals surface area contributed by atoms with Crippen molar-refractivity contribution in [1.29, 1.82) is 0 Å². The van der Waals surface area contributed by atoms with Crippen molar-refractivity contribution in [1.82, 2.24) is 14.2 Å². The summed E-state index contributed by atoms with van der Waals surface area (Å²) in [6, 6.07) is 8.60. The van der Waals surface area contributed by atoms with Gasteiger partial charge in [0.25, 0.3) is 0 Å². The smallest absolute Gasteiger partial charge is 0.244 e. The molecule has 10 heteroatoms. The number of aromatic nitrogens is 1. The van der Waals surface area contributed by atoms with E-state index in [0.29, 0.717) is 23.1 Å². The van der Waals surface area contributed by atoms with Crippen molar-refractivity contribution < 1.29 is 22.7 Å². The highest BCUT2D eigenvalue weighted by Crippen LogP contribution is 2.28. The molecule has 0 aliphatic heterocycles. The number of carbonyl (C=O) groups is 1. The van der Waals surface area contributed by atoms with Gasteiger partial charge in [0.15, 0.2) is 11.5 Å². The Balaban J connectivity index is 1.95. The fraction of sp³-hybridized carbons (Fsp3) is 0.368. The molecule has 0 spiro atoms. The maximum Gasteiger partial charge on any atom is 0.244 e. The number of hydrogen-bond acceptors (Lipinski definition) is 7. The van der Waals surface area contributed by atoms with Crippen LogP contribution in [-0.2, 0) is 21.4 Å². The predicted octanol–water partition coefficient (Wildman–Crippen LogP) is 2.10. The lowest BCUT2D eigenvalue weighted by Gasteiger charge is -2.18. The third-order valence-electron chi connectivity index (χ3n) is 4.12. The second kappa shape index (κ2) is 9.95. The van der Waals surface area contributed by atoms with Crippen LogP contribution in [0.4, 0.5) is 0 Å². The van der Waals surface area contributed by atoms with E-state index in [-0.39, 0.29) is 16.6 Å². The summed E-state index contributed by atoms with van der Waals surface area (Å²) in [6.45, 7) is 0.424. The summed E-state index contributed by atoms with van der Waals surface area (Å²) in [5, 5.41) is 0.579. The van der Waals surface area contributed by atoms with Crippen molar-refractivity contribution in [3.8, 4) is 11.5 Å². The van der Waals surface area contributed by atoms with E-state index in [2.05, 4.69) is 4.98 Å². The number of sulfonamides is 1. The highest BCUT2D eigenvalue weighted by molar-refractivity contribution is 7.99. The Morgan fingerprint density at radius 1 is 1.07 bits per heavy atom. The second-order valence-corrected chi connectivity index (χ2v) is 9.49. The number of methoxy groups -OCH3 is 2. The van der Waals surface area contributed by atoms with Gasteiger partial charge in [-0.25, -0.2) is 17.7 Å². The summed E-state index contributed by atoms with van der Waals surface area (Å²) < 4.78 is 35.8. The fourth-order valence-electron chi connectivity index (χ4n) is 2.40. The summed E-state index contributed by atoms with van der Waals surface area (Å²) in [6.07, 6.45) is 1.30. The Morgan fingerprint density at radius 2 is 1.76 bits per heavy atom.